The smallest absolute Gasteiger partial charge is 0.333 e. The first-order chi connectivity index (χ1) is 16.0. The Bertz CT molecular complexity index is 413. The number of unbranched alkanes of at least 4 members (excludes halogenated alkanes) is 19. The average molecular weight is 549 g/mol. The third kappa shape index (κ3) is 36.2. The van der Waals surface area contributed by atoms with Crippen LogP contribution in [-0.2, 0) is 9.53 Å². The molecule has 0 saturated carbocycles. The van der Waals surface area contributed by atoms with Crippen molar-refractivity contribution in [1.82, 2.24) is 0 Å². The molecule has 0 unspecified atom stereocenters. The SMILES string of the molecule is C=C(C)C(=O)OCC.CCCCCCCCCCCCCCCCCCCCCC[NH+](C)C.[Br-]. The Morgan fingerprint density at radius 1 is 0.618 bits per heavy atom. The van der Waals surface area contributed by atoms with Gasteiger partial charge in [0.1, 0.15) is 0 Å². The molecule has 0 aromatic rings. The standard InChI is InChI=1S/C24H51N.C6H10O2.BrH/c1-4-5-6-7-8-9-10-11-12-13-14-15-16-17-18-19-20-21-22-23-24-25(2)3;1-4-8-6(7)5(2)3;/h4-24H2,1-3H3;2,4H2,1,3H3;1H. The van der Waals surface area contributed by atoms with Gasteiger partial charge in [0.05, 0.1) is 27.2 Å². The summed E-state index contributed by atoms with van der Waals surface area (Å²) in [6.07, 6.45) is 29.4. The van der Waals surface area contributed by atoms with E-state index in [1.165, 1.54) is 135 Å². The fourth-order valence-corrected chi connectivity index (χ4v) is 3.99. The van der Waals surface area contributed by atoms with Crippen molar-refractivity contribution in [1.29, 1.82) is 0 Å². The van der Waals surface area contributed by atoms with Gasteiger partial charge in [-0.15, -0.1) is 0 Å². The van der Waals surface area contributed by atoms with Crippen LogP contribution in [0.3, 0.4) is 0 Å². The van der Waals surface area contributed by atoms with Gasteiger partial charge in [0.25, 0.3) is 0 Å². The van der Waals surface area contributed by atoms with Crippen molar-refractivity contribution in [3.8, 4) is 0 Å². The maximum Gasteiger partial charge on any atom is 0.333 e. The molecule has 0 aliphatic rings. The quantitative estimate of drug-likeness (QED) is 0.110. The molecule has 0 saturated heterocycles. The highest BCUT2D eigenvalue weighted by molar-refractivity contribution is 5.86. The summed E-state index contributed by atoms with van der Waals surface area (Å²) in [7, 11) is 4.52. The first-order valence-electron chi connectivity index (χ1n) is 14.6. The van der Waals surface area contributed by atoms with Gasteiger partial charge < -0.3 is 26.6 Å². The third-order valence-corrected chi connectivity index (χ3v) is 6.15. The minimum Gasteiger partial charge on any atom is -1.00 e. The molecule has 206 valence electrons. The Balaban J connectivity index is -0.000000910. The van der Waals surface area contributed by atoms with E-state index < -0.39 is 0 Å². The molecular weight excluding hydrogens is 486 g/mol. The Kier molecular flexibility index (Phi) is 36.7. The van der Waals surface area contributed by atoms with Crippen LogP contribution in [0.2, 0.25) is 0 Å². The van der Waals surface area contributed by atoms with Crippen molar-refractivity contribution in [3.63, 3.8) is 0 Å². The largest absolute Gasteiger partial charge is 1.00 e. The third-order valence-electron chi connectivity index (χ3n) is 6.15. The lowest BCUT2D eigenvalue weighted by Gasteiger charge is -2.06. The minimum absolute atomic E-state index is 0. The Morgan fingerprint density at radius 2 is 0.912 bits per heavy atom. The van der Waals surface area contributed by atoms with Gasteiger partial charge in [-0.1, -0.05) is 129 Å². The zero-order valence-electron chi connectivity index (χ0n) is 24.0. The zero-order valence-corrected chi connectivity index (χ0v) is 25.5. The highest BCUT2D eigenvalue weighted by Crippen LogP contribution is 2.14. The fraction of sp³-hybridized carbons (Fsp3) is 0.900. The van der Waals surface area contributed by atoms with E-state index in [1.807, 2.05) is 0 Å². The van der Waals surface area contributed by atoms with Crippen LogP contribution in [0.1, 0.15) is 149 Å². The summed E-state index contributed by atoms with van der Waals surface area (Å²) in [6, 6.07) is 0. The normalized spacial score (nSPS) is 10.4. The molecule has 1 N–H and O–H groups in total. The van der Waals surface area contributed by atoms with Crippen molar-refractivity contribution in [3.05, 3.63) is 12.2 Å². The molecular formula is C30H62BrNO2. The highest BCUT2D eigenvalue weighted by atomic mass is 79.9. The molecule has 0 aliphatic carbocycles. The van der Waals surface area contributed by atoms with E-state index in [4.69, 9.17) is 0 Å². The van der Waals surface area contributed by atoms with Gasteiger partial charge >= 0.3 is 5.97 Å². The average Bonchev–Trinajstić information content (AvgIpc) is 2.78. The second kappa shape index (κ2) is 32.7. The molecule has 0 rings (SSSR count). The topological polar surface area (TPSA) is 30.7 Å². The molecule has 0 aromatic carbocycles. The summed E-state index contributed by atoms with van der Waals surface area (Å²) in [5.74, 6) is -0.312. The molecule has 0 atom stereocenters. The first-order valence-corrected chi connectivity index (χ1v) is 14.6. The number of halogens is 1. The summed E-state index contributed by atoms with van der Waals surface area (Å²) in [5.41, 5.74) is 0.451. The highest BCUT2D eigenvalue weighted by Gasteiger charge is 1.98. The predicted octanol–water partition coefficient (Wildman–Crippen LogP) is 5.08. The minimum atomic E-state index is -0.312. The van der Waals surface area contributed by atoms with E-state index in [0.29, 0.717) is 12.2 Å². The molecule has 34 heavy (non-hydrogen) atoms. The van der Waals surface area contributed by atoms with Crippen LogP contribution in [-0.4, -0.2) is 33.2 Å². The molecule has 0 fully saturated rings. The Labute approximate surface area is 225 Å². The van der Waals surface area contributed by atoms with E-state index in [-0.39, 0.29) is 23.0 Å². The van der Waals surface area contributed by atoms with Crippen molar-refractivity contribution in [2.45, 2.75) is 149 Å². The number of carbonyl (C=O) groups excluding carboxylic acids is 1. The fourth-order valence-electron chi connectivity index (χ4n) is 3.99. The lowest BCUT2D eigenvalue weighted by atomic mass is 10.0. The molecule has 0 spiro atoms. The van der Waals surface area contributed by atoms with E-state index in [9.17, 15) is 4.79 Å². The van der Waals surface area contributed by atoms with Gasteiger partial charge in [-0.25, -0.2) is 4.79 Å². The van der Waals surface area contributed by atoms with Crippen LogP contribution in [0.4, 0.5) is 0 Å². The Hall–Kier alpha value is -0.350. The van der Waals surface area contributed by atoms with E-state index in [1.54, 1.807) is 18.7 Å². The molecule has 0 bridgehead atoms. The van der Waals surface area contributed by atoms with Crippen molar-refractivity contribution in [2.24, 2.45) is 0 Å². The van der Waals surface area contributed by atoms with Gasteiger partial charge in [-0.05, 0) is 26.7 Å². The molecule has 0 radical (unpaired) electrons. The van der Waals surface area contributed by atoms with Crippen molar-refractivity contribution < 1.29 is 31.4 Å². The summed E-state index contributed by atoms with van der Waals surface area (Å²) < 4.78 is 4.56. The number of rotatable bonds is 23. The van der Waals surface area contributed by atoms with Crippen molar-refractivity contribution >= 4 is 5.97 Å². The van der Waals surface area contributed by atoms with Crippen LogP contribution >= 0.6 is 0 Å². The Morgan fingerprint density at radius 3 is 1.12 bits per heavy atom. The summed E-state index contributed by atoms with van der Waals surface area (Å²) >= 11 is 0. The van der Waals surface area contributed by atoms with Crippen LogP contribution in [0, 0.1) is 0 Å². The van der Waals surface area contributed by atoms with E-state index in [0.717, 1.165) is 0 Å². The maximum atomic E-state index is 10.4. The van der Waals surface area contributed by atoms with Gasteiger partial charge in [-0.3, -0.25) is 0 Å². The maximum absolute atomic E-state index is 10.4. The number of esters is 1. The van der Waals surface area contributed by atoms with Gasteiger partial charge in [0, 0.05) is 5.57 Å². The van der Waals surface area contributed by atoms with Gasteiger partial charge in [0.2, 0.25) is 0 Å². The van der Waals surface area contributed by atoms with E-state index in [2.05, 4.69) is 32.3 Å². The van der Waals surface area contributed by atoms with Crippen LogP contribution < -0.4 is 21.9 Å². The van der Waals surface area contributed by atoms with Crippen LogP contribution in [0.5, 0.6) is 0 Å². The van der Waals surface area contributed by atoms with Crippen LogP contribution in [0.15, 0.2) is 12.2 Å². The zero-order chi connectivity index (χ0) is 25.0. The van der Waals surface area contributed by atoms with Crippen molar-refractivity contribution in [2.75, 3.05) is 27.2 Å². The lowest BCUT2D eigenvalue weighted by molar-refractivity contribution is -0.858. The summed E-state index contributed by atoms with van der Waals surface area (Å²) in [6.45, 7) is 10.9. The van der Waals surface area contributed by atoms with Gasteiger partial charge in [-0.2, -0.15) is 0 Å². The second-order valence-electron chi connectivity index (χ2n) is 10.2. The second-order valence-corrected chi connectivity index (χ2v) is 10.2. The van der Waals surface area contributed by atoms with E-state index >= 15 is 0 Å². The molecule has 0 aromatic heterocycles. The molecule has 0 amide bonds. The number of nitrogens with one attached hydrogen (secondary N) is 1. The molecule has 3 nitrogen and oxygen atoms in total. The summed E-state index contributed by atoms with van der Waals surface area (Å²) in [4.78, 5) is 12.0. The first kappa shape index (κ1) is 38.2. The number of quaternary nitrogens is 1. The number of carbonyl (C=O) groups is 1. The lowest BCUT2D eigenvalue weighted by Crippen LogP contribution is -3.05. The number of ether oxygens (including phenoxy) is 1. The number of hydrogen-bond acceptors (Lipinski definition) is 2. The monoisotopic (exact) mass is 547 g/mol. The van der Waals surface area contributed by atoms with Crippen LogP contribution in [0.25, 0.3) is 0 Å². The molecule has 4 heteroatoms. The molecule has 0 heterocycles. The van der Waals surface area contributed by atoms with Gasteiger partial charge in [0.15, 0.2) is 0 Å². The predicted molar refractivity (Wildman–Crippen MR) is 147 cm³/mol. The molecule has 0 aliphatic heterocycles. The number of hydrogen-bond donors (Lipinski definition) is 1. The summed E-state index contributed by atoms with van der Waals surface area (Å²) in [5, 5.41) is 0.